The Morgan fingerprint density at radius 2 is 1.90 bits per heavy atom. The fraction of sp³-hybridized carbons (Fsp3) is 0.370. The van der Waals surface area contributed by atoms with Gasteiger partial charge in [-0.05, 0) is 49.9 Å². The first-order chi connectivity index (χ1) is 18.9. The molecule has 210 valence electrons. The molecule has 2 amide bonds. The molecule has 0 bridgehead atoms. The smallest absolute Gasteiger partial charge is 0.348 e. The van der Waals surface area contributed by atoms with Crippen LogP contribution in [0, 0.1) is 5.92 Å². The Kier molecular flexibility index (Phi) is 7.42. The third kappa shape index (κ3) is 6.35. The van der Waals surface area contributed by atoms with Crippen molar-refractivity contribution in [3.05, 3.63) is 82.6 Å². The van der Waals surface area contributed by atoms with Gasteiger partial charge in [0.1, 0.15) is 6.04 Å². The number of hydrogen-bond donors (Lipinski definition) is 2. The molecule has 0 spiro atoms. The SMILES string of the molecule is CC(C)(Cn1cc(C(F)(F)F)cn1)NC(=O)[C@@H](Cc1cnc2ncccn12)NC(=O)[C@H]1C[C@@H]1c1ccc(Br)cc1. The van der Waals surface area contributed by atoms with E-state index in [-0.39, 0.29) is 30.7 Å². The van der Waals surface area contributed by atoms with Crippen LogP contribution in [-0.2, 0) is 28.7 Å². The average Bonchev–Trinajstić information content (AvgIpc) is 3.37. The zero-order valence-electron chi connectivity index (χ0n) is 21.7. The van der Waals surface area contributed by atoms with Gasteiger partial charge in [0, 0.05) is 41.1 Å². The van der Waals surface area contributed by atoms with E-state index < -0.39 is 29.2 Å². The normalized spacial score (nSPS) is 17.9. The van der Waals surface area contributed by atoms with Gasteiger partial charge < -0.3 is 10.6 Å². The van der Waals surface area contributed by atoms with Gasteiger partial charge in [-0.3, -0.25) is 18.7 Å². The summed E-state index contributed by atoms with van der Waals surface area (Å²) in [5, 5.41) is 9.58. The second-order valence-electron chi connectivity index (χ2n) is 10.6. The summed E-state index contributed by atoms with van der Waals surface area (Å²) in [6, 6.07) is 8.58. The lowest BCUT2D eigenvalue weighted by Crippen LogP contribution is -2.55. The van der Waals surface area contributed by atoms with Crippen LogP contribution in [0.4, 0.5) is 13.2 Å². The summed E-state index contributed by atoms with van der Waals surface area (Å²) in [5.41, 5.74) is -0.125. The van der Waals surface area contributed by atoms with Crippen molar-refractivity contribution in [3.63, 3.8) is 0 Å². The van der Waals surface area contributed by atoms with Gasteiger partial charge in [-0.15, -0.1) is 0 Å². The first kappa shape index (κ1) is 27.8. The molecule has 1 aliphatic carbocycles. The first-order valence-corrected chi connectivity index (χ1v) is 13.4. The van der Waals surface area contributed by atoms with Crippen LogP contribution >= 0.6 is 15.9 Å². The van der Waals surface area contributed by atoms with Crippen LogP contribution in [0.3, 0.4) is 0 Å². The highest BCUT2D eigenvalue weighted by atomic mass is 79.9. The molecule has 1 fully saturated rings. The number of nitrogens with one attached hydrogen (secondary N) is 2. The Hall–Kier alpha value is -3.74. The Balaban J connectivity index is 1.31. The standard InChI is InChI=1S/C27H27BrF3N7O2/c1-26(2,15-37-14-17(12-34-37)27(29,30)31)36-24(40)22(10-19-13-33-25-32-8-3-9-38(19)25)35-23(39)21-11-20(21)16-4-6-18(28)7-5-16/h3-9,12-14,20-22H,10-11,15H2,1-2H3,(H,35,39)(H,36,40)/t20-,21+,22-/m1/s1. The molecule has 4 aromatic rings. The van der Waals surface area contributed by atoms with E-state index >= 15 is 0 Å². The van der Waals surface area contributed by atoms with Gasteiger partial charge in [-0.2, -0.15) is 18.3 Å². The zero-order chi connectivity index (χ0) is 28.7. The number of carbonyl (C=O) groups is 2. The predicted octanol–water partition coefficient (Wildman–Crippen LogP) is 4.13. The highest BCUT2D eigenvalue weighted by Crippen LogP contribution is 2.47. The molecular weight excluding hydrogens is 591 g/mol. The number of aromatic nitrogens is 5. The molecule has 3 heterocycles. The van der Waals surface area contributed by atoms with Crippen LogP contribution in [0.1, 0.15) is 43.0 Å². The Morgan fingerprint density at radius 1 is 1.15 bits per heavy atom. The minimum atomic E-state index is -4.51. The van der Waals surface area contributed by atoms with Gasteiger partial charge in [0.05, 0.1) is 30.0 Å². The van der Waals surface area contributed by atoms with Gasteiger partial charge in [-0.25, -0.2) is 9.97 Å². The lowest BCUT2D eigenvalue weighted by atomic mass is 10.0. The van der Waals surface area contributed by atoms with Crippen molar-refractivity contribution in [2.45, 2.75) is 56.9 Å². The summed E-state index contributed by atoms with van der Waals surface area (Å²) in [6.07, 6.45) is 2.92. The number of fused-ring (bicyclic) bond motifs is 1. The molecule has 0 unspecified atom stereocenters. The van der Waals surface area contributed by atoms with Gasteiger partial charge in [-0.1, -0.05) is 28.1 Å². The van der Waals surface area contributed by atoms with Crippen LogP contribution < -0.4 is 10.6 Å². The third-order valence-electron chi connectivity index (χ3n) is 6.82. The van der Waals surface area contributed by atoms with Crippen molar-refractivity contribution in [2.24, 2.45) is 5.92 Å². The Bertz CT molecular complexity index is 1530. The van der Waals surface area contributed by atoms with E-state index in [1.54, 1.807) is 42.9 Å². The molecule has 3 aromatic heterocycles. The lowest BCUT2D eigenvalue weighted by molar-refractivity contribution is -0.137. The monoisotopic (exact) mass is 617 g/mol. The average molecular weight is 618 g/mol. The number of amides is 2. The quantitative estimate of drug-likeness (QED) is 0.294. The summed E-state index contributed by atoms with van der Waals surface area (Å²) < 4.78 is 42.9. The fourth-order valence-electron chi connectivity index (χ4n) is 4.75. The summed E-state index contributed by atoms with van der Waals surface area (Å²) in [7, 11) is 0. The Morgan fingerprint density at radius 3 is 2.60 bits per heavy atom. The zero-order valence-corrected chi connectivity index (χ0v) is 23.3. The number of rotatable bonds is 9. The maximum absolute atomic E-state index is 13.6. The summed E-state index contributed by atoms with van der Waals surface area (Å²) >= 11 is 3.42. The molecule has 13 heteroatoms. The third-order valence-corrected chi connectivity index (χ3v) is 7.34. The summed E-state index contributed by atoms with van der Waals surface area (Å²) in [6.45, 7) is 3.35. The molecule has 0 radical (unpaired) electrons. The number of hydrogen-bond acceptors (Lipinski definition) is 5. The molecule has 40 heavy (non-hydrogen) atoms. The van der Waals surface area contributed by atoms with Crippen molar-refractivity contribution in [2.75, 3.05) is 0 Å². The molecular formula is C27H27BrF3N7O2. The maximum Gasteiger partial charge on any atom is 0.419 e. The van der Waals surface area contributed by atoms with Crippen molar-refractivity contribution in [3.8, 4) is 0 Å². The molecule has 2 N–H and O–H groups in total. The van der Waals surface area contributed by atoms with E-state index in [4.69, 9.17) is 0 Å². The first-order valence-electron chi connectivity index (χ1n) is 12.6. The minimum Gasteiger partial charge on any atom is -0.348 e. The topological polar surface area (TPSA) is 106 Å². The van der Waals surface area contributed by atoms with Crippen molar-refractivity contribution < 1.29 is 22.8 Å². The highest BCUT2D eigenvalue weighted by Gasteiger charge is 2.45. The second-order valence-corrected chi connectivity index (χ2v) is 11.5. The van der Waals surface area contributed by atoms with E-state index in [1.807, 2.05) is 24.3 Å². The molecule has 9 nitrogen and oxygen atoms in total. The van der Waals surface area contributed by atoms with Crippen LogP contribution in [0.15, 0.2) is 65.8 Å². The van der Waals surface area contributed by atoms with Gasteiger partial charge >= 0.3 is 6.18 Å². The lowest BCUT2D eigenvalue weighted by Gasteiger charge is -2.29. The number of carbonyl (C=O) groups excluding carboxylic acids is 2. The maximum atomic E-state index is 13.6. The molecule has 1 aromatic carbocycles. The summed E-state index contributed by atoms with van der Waals surface area (Å²) in [4.78, 5) is 35.3. The van der Waals surface area contributed by atoms with Crippen molar-refractivity contribution in [1.82, 2.24) is 34.8 Å². The van der Waals surface area contributed by atoms with E-state index in [1.165, 1.54) is 0 Å². The van der Waals surface area contributed by atoms with Gasteiger partial charge in [0.2, 0.25) is 17.6 Å². The van der Waals surface area contributed by atoms with Crippen LogP contribution in [0.5, 0.6) is 0 Å². The van der Waals surface area contributed by atoms with Crippen molar-refractivity contribution in [1.29, 1.82) is 0 Å². The van der Waals surface area contributed by atoms with Gasteiger partial charge in [0.25, 0.3) is 0 Å². The van der Waals surface area contributed by atoms with E-state index in [0.29, 0.717) is 17.9 Å². The van der Waals surface area contributed by atoms with E-state index in [2.05, 4.69) is 41.6 Å². The van der Waals surface area contributed by atoms with E-state index in [0.717, 1.165) is 27.1 Å². The van der Waals surface area contributed by atoms with E-state index in [9.17, 15) is 22.8 Å². The Labute approximate surface area is 236 Å². The fourth-order valence-corrected chi connectivity index (χ4v) is 5.01. The highest BCUT2D eigenvalue weighted by molar-refractivity contribution is 9.10. The number of alkyl halides is 3. The van der Waals surface area contributed by atoms with Crippen LogP contribution in [-0.4, -0.2) is 47.5 Å². The number of halogens is 4. The number of benzene rings is 1. The molecule has 1 saturated carbocycles. The summed E-state index contributed by atoms with van der Waals surface area (Å²) in [5.74, 6) is -0.449. The van der Waals surface area contributed by atoms with Crippen molar-refractivity contribution >= 4 is 33.5 Å². The molecule has 1 aliphatic rings. The second kappa shape index (κ2) is 10.7. The predicted molar refractivity (Wildman–Crippen MR) is 143 cm³/mol. The number of nitrogens with zero attached hydrogens (tertiary/aromatic N) is 5. The molecule has 3 atom stereocenters. The molecule has 0 saturated heterocycles. The largest absolute Gasteiger partial charge is 0.419 e. The minimum absolute atomic E-state index is 0.0106. The molecule has 0 aliphatic heterocycles. The van der Waals surface area contributed by atoms with Crippen LogP contribution in [0.2, 0.25) is 0 Å². The van der Waals surface area contributed by atoms with Gasteiger partial charge in [0.15, 0.2) is 0 Å². The molecule has 5 rings (SSSR count). The van der Waals surface area contributed by atoms with Crippen LogP contribution in [0.25, 0.3) is 5.78 Å². The number of imidazole rings is 1.